The molecule has 0 bridgehead atoms. The Morgan fingerprint density at radius 3 is 2.47 bits per heavy atom. The largest absolute Gasteiger partial charge is 0.491 e. The summed E-state index contributed by atoms with van der Waals surface area (Å²) >= 11 is 0. The van der Waals surface area contributed by atoms with Gasteiger partial charge in [0.05, 0.1) is 6.10 Å². The van der Waals surface area contributed by atoms with Crippen molar-refractivity contribution in [3.05, 3.63) is 29.3 Å². The van der Waals surface area contributed by atoms with Gasteiger partial charge in [0.25, 0.3) is 0 Å². The summed E-state index contributed by atoms with van der Waals surface area (Å²) in [5, 5.41) is 0. The van der Waals surface area contributed by atoms with E-state index < -0.39 is 6.10 Å². The van der Waals surface area contributed by atoms with E-state index in [1.807, 2.05) is 13.8 Å². The van der Waals surface area contributed by atoms with Gasteiger partial charge < -0.3 is 9.47 Å². The third kappa shape index (κ3) is 2.45. The molecule has 1 aliphatic carbocycles. The third-order valence-electron chi connectivity index (χ3n) is 2.65. The number of hydrogen-bond donors (Lipinski definition) is 0. The van der Waals surface area contributed by atoms with Crippen molar-refractivity contribution >= 4 is 11.6 Å². The van der Waals surface area contributed by atoms with Crippen molar-refractivity contribution in [1.82, 2.24) is 0 Å². The van der Waals surface area contributed by atoms with Crippen LogP contribution in [0.5, 0.6) is 5.75 Å². The molecule has 4 heteroatoms. The van der Waals surface area contributed by atoms with Crippen LogP contribution in [-0.2, 0) is 4.74 Å². The van der Waals surface area contributed by atoms with Crippen LogP contribution in [0.3, 0.4) is 0 Å². The second-order valence-electron chi connectivity index (χ2n) is 4.45. The molecule has 0 spiro atoms. The number of carbonyl (C=O) groups is 2. The van der Waals surface area contributed by atoms with Gasteiger partial charge in [-0.05, 0) is 32.0 Å². The highest BCUT2D eigenvalue weighted by Gasteiger charge is 2.40. The van der Waals surface area contributed by atoms with E-state index >= 15 is 0 Å². The molecule has 1 aromatic rings. The summed E-state index contributed by atoms with van der Waals surface area (Å²) in [7, 11) is 0. The molecule has 0 heterocycles. The first-order valence-electron chi connectivity index (χ1n) is 6.01. The molecule has 1 unspecified atom stereocenters. The van der Waals surface area contributed by atoms with E-state index in [0.717, 1.165) is 0 Å². The number of Topliss-reactive ketones (excluding diaryl/α,β-unsaturated/α-hetero) is 2. The van der Waals surface area contributed by atoms with Crippen LogP contribution >= 0.6 is 0 Å². The van der Waals surface area contributed by atoms with Gasteiger partial charge >= 0.3 is 0 Å². The lowest BCUT2D eigenvalue weighted by Crippen LogP contribution is -2.23. The fraction of sp³-hybridized carbons (Fsp3) is 0.333. The van der Waals surface area contributed by atoms with Crippen LogP contribution in [0.4, 0.5) is 0 Å². The third-order valence-corrected chi connectivity index (χ3v) is 2.65. The molecule has 0 fully saturated rings. The van der Waals surface area contributed by atoms with E-state index in [0.29, 0.717) is 16.9 Å². The van der Waals surface area contributed by atoms with Gasteiger partial charge in [0.1, 0.15) is 11.9 Å². The lowest BCUT2D eigenvalue weighted by Gasteiger charge is -2.09. The zero-order chi connectivity index (χ0) is 14.0. The first-order valence-corrected chi connectivity index (χ1v) is 6.01. The van der Waals surface area contributed by atoms with Gasteiger partial charge in [0.15, 0.2) is 0 Å². The van der Waals surface area contributed by atoms with Crippen LogP contribution in [0.15, 0.2) is 18.2 Å². The van der Waals surface area contributed by atoms with Crippen LogP contribution in [0.25, 0.3) is 0 Å². The maximum atomic E-state index is 12.1. The smallest absolute Gasteiger partial charge is 0.235 e. The Bertz CT molecular complexity index is 590. The highest BCUT2D eigenvalue weighted by molar-refractivity contribution is 6.28. The highest BCUT2D eigenvalue weighted by Crippen LogP contribution is 2.28. The number of ketones is 2. The quantitative estimate of drug-likeness (QED) is 0.616. The summed E-state index contributed by atoms with van der Waals surface area (Å²) in [5.74, 6) is 2.35. The fourth-order valence-corrected chi connectivity index (χ4v) is 1.91. The van der Waals surface area contributed by atoms with Crippen molar-refractivity contribution in [2.24, 2.45) is 0 Å². The molecule has 98 valence electrons. The van der Waals surface area contributed by atoms with E-state index in [4.69, 9.17) is 9.47 Å². The second-order valence-corrected chi connectivity index (χ2v) is 4.45. The SMILES string of the molecule is CC#COC1C(=O)c2ccc(OC(C)C)cc2C1=O. The highest BCUT2D eigenvalue weighted by atomic mass is 16.5. The van der Waals surface area contributed by atoms with Crippen molar-refractivity contribution in [1.29, 1.82) is 0 Å². The number of fused-ring (bicyclic) bond motifs is 1. The number of carbonyl (C=O) groups excluding carboxylic acids is 2. The fourth-order valence-electron chi connectivity index (χ4n) is 1.91. The molecular weight excluding hydrogens is 244 g/mol. The average Bonchev–Trinajstić information content (AvgIpc) is 2.59. The van der Waals surface area contributed by atoms with Crippen LogP contribution in [-0.4, -0.2) is 23.8 Å². The monoisotopic (exact) mass is 258 g/mol. The van der Waals surface area contributed by atoms with Crippen molar-refractivity contribution in [2.75, 3.05) is 0 Å². The van der Waals surface area contributed by atoms with Crippen LogP contribution in [0, 0.1) is 12.0 Å². The van der Waals surface area contributed by atoms with Crippen molar-refractivity contribution in [3.8, 4) is 17.8 Å². The summed E-state index contributed by atoms with van der Waals surface area (Å²) in [6.07, 6.45) is 1.17. The second kappa shape index (κ2) is 5.15. The summed E-state index contributed by atoms with van der Waals surface area (Å²) in [6, 6.07) is 4.85. The minimum absolute atomic E-state index is 0.00302. The van der Waals surface area contributed by atoms with Gasteiger partial charge in [-0.25, -0.2) is 0 Å². The molecule has 2 rings (SSSR count). The summed E-state index contributed by atoms with van der Waals surface area (Å²) in [6.45, 7) is 5.36. The first kappa shape index (κ1) is 13.2. The van der Waals surface area contributed by atoms with Gasteiger partial charge in [-0.2, -0.15) is 0 Å². The maximum absolute atomic E-state index is 12.1. The zero-order valence-electron chi connectivity index (χ0n) is 11.0. The van der Waals surface area contributed by atoms with E-state index in [2.05, 4.69) is 12.0 Å². The molecule has 0 saturated heterocycles. The lowest BCUT2D eigenvalue weighted by atomic mass is 10.1. The molecule has 1 atom stereocenters. The van der Waals surface area contributed by atoms with Gasteiger partial charge in [-0.3, -0.25) is 9.59 Å². The summed E-state index contributed by atoms with van der Waals surface area (Å²) < 4.78 is 10.5. The topological polar surface area (TPSA) is 52.6 Å². The number of benzene rings is 1. The van der Waals surface area contributed by atoms with E-state index in [1.165, 1.54) is 0 Å². The van der Waals surface area contributed by atoms with Crippen LogP contribution < -0.4 is 4.74 Å². The number of ether oxygens (including phenoxy) is 2. The minimum atomic E-state index is -1.14. The normalized spacial score (nSPS) is 16.9. The van der Waals surface area contributed by atoms with E-state index in [9.17, 15) is 9.59 Å². The predicted octanol–water partition coefficient (Wildman–Crippen LogP) is 2.22. The van der Waals surface area contributed by atoms with E-state index in [1.54, 1.807) is 25.1 Å². The minimum Gasteiger partial charge on any atom is -0.491 e. The lowest BCUT2D eigenvalue weighted by molar-refractivity contribution is 0.0659. The number of rotatable bonds is 3. The van der Waals surface area contributed by atoms with Crippen molar-refractivity contribution < 1.29 is 19.1 Å². The molecule has 4 nitrogen and oxygen atoms in total. The average molecular weight is 258 g/mol. The van der Waals surface area contributed by atoms with Crippen LogP contribution in [0.1, 0.15) is 41.5 Å². The first-order chi connectivity index (χ1) is 9.04. The molecule has 0 saturated carbocycles. The van der Waals surface area contributed by atoms with Crippen LogP contribution in [0.2, 0.25) is 0 Å². The Kier molecular flexibility index (Phi) is 3.57. The Hall–Kier alpha value is -2.28. The molecule has 1 aromatic carbocycles. The Morgan fingerprint density at radius 1 is 1.16 bits per heavy atom. The number of hydrogen-bond acceptors (Lipinski definition) is 4. The Morgan fingerprint density at radius 2 is 1.84 bits per heavy atom. The molecule has 1 aliphatic rings. The predicted molar refractivity (Wildman–Crippen MR) is 69.2 cm³/mol. The molecule has 19 heavy (non-hydrogen) atoms. The molecule has 0 radical (unpaired) electrons. The molecule has 0 aliphatic heterocycles. The molecule has 0 amide bonds. The standard InChI is InChI=1S/C15H14O4/c1-4-7-18-15-13(16)11-6-5-10(19-9(2)3)8-12(11)14(15)17/h5-6,8-9,15H,1-3H3. The summed E-state index contributed by atoms with van der Waals surface area (Å²) in [4.78, 5) is 24.1. The summed E-state index contributed by atoms with van der Waals surface area (Å²) in [5.41, 5.74) is 0.704. The van der Waals surface area contributed by atoms with Gasteiger partial charge in [0, 0.05) is 18.1 Å². The van der Waals surface area contributed by atoms with Crippen molar-refractivity contribution in [3.63, 3.8) is 0 Å². The van der Waals surface area contributed by atoms with Crippen molar-refractivity contribution in [2.45, 2.75) is 33.0 Å². The Labute approximate surface area is 111 Å². The molecule has 0 aromatic heterocycles. The maximum Gasteiger partial charge on any atom is 0.235 e. The molecular formula is C15H14O4. The van der Waals surface area contributed by atoms with Gasteiger partial charge in [0.2, 0.25) is 17.7 Å². The Balaban J connectivity index is 2.33. The van der Waals surface area contributed by atoms with E-state index in [-0.39, 0.29) is 17.7 Å². The molecule has 0 N–H and O–H groups in total. The van der Waals surface area contributed by atoms with Gasteiger partial charge in [-0.15, -0.1) is 0 Å². The van der Waals surface area contributed by atoms with Gasteiger partial charge in [-0.1, -0.05) is 5.92 Å². The zero-order valence-corrected chi connectivity index (χ0v) is 11.0.